The molecule has 3 atom stereocenters. The third-order valence-corrected chi connectivity index (χ3v) is 8.34. The number of aliphatic hydroxyl groups is 1. The zero-order valence-electron chi connectivity index (χ0n) is 18.9. The molecule has 1 aromatic carbocycles. The van der Waals surface area contributed by atoms with Gasteiger partial charge < -0.3 is 14.7 Å². The first-order chi connectivity index (χ1) is 15.3. The van der Waals surface area contributed by atoms with Crippen LogP contribution in [0.2, 0.25) is 0 Å². The molecule has 4 rings (SSSR count). The number of nitrogens with zero attached hydrogens (tertiary/aromatic N) is 4. The number of benzene rings is 1. The molecule has 174 valence electrons. The minimum Gasteiger partial charge on any atom is -0.487 e. The molecule has 0 bridgehead atoms. The topological polar surface area (TPSA) is 95.9 Å². The van der Waals surface area contributed by atoms with Crippen molar-refractivity contribution < 1.29 is 18.3 Å². The van der Waals surface area contributed by atoms with Crippen LogP contribution in [-0.2, 0) is 10.0 Å². The normalized spacial score (nSPS) is 24.3. The Balaban J connectivity index is 1.74. The van der Waals surface area contributed by atoms with Gasteiger partial charge >= 0.3 is 0 Å². The number of aliphatic hydroxyl groups excluding tert-OH is 1. The van der Waals surface area contributed by atoms with E-state index in [0.29, 0.717) is 18.8 Å². The molecular formula is C23H32N4O4S. The Kier molecular flexibility index (Phi) is 6.80. The fourth-order valence-electron chi connectivity index (χ4n) is 4.19. The van der Waals surface area contributed by atoms with Crippen LogP contribution >= 0.6 is 0 Å². The second-order valence-electron chi connectivity index (χ2n) is 9.19. The Morgan fingerprint density at radius 1 is 1.22 bits per heavy atom. The Morgan fingerprint density at radius 3 is 2.59 bits per heavy atom. The second-order valence-corrected chi connectivity index (χ2v) is 11.1. The number of aromatic nitrogens is 2. The quantitative estimate of drug-likeness (QED) is 0.677. The molecule has 1 aromatic heterocycles. The molecule has 1 saturated carbocycles. The molecule has 1 fully saturated rings. The van der Waals surface area contributed by atoms with E-state index in [1.807, 2.05) is 6.92 Å². The van der Waals surface area contributed by atoms with Crippen LogP contribution < -0.4 is 4.74 Å². The molecular weight excluding hydrogens is 428 g/mol. The van der Waals surface area contributed by atoms with Gasteiger partial charge in [0.2, 0.25) is 10.0 Å². The van der Waals surface area contributed by atoms with Crippen molar-refractivity contribution in [2.75, 3.05) is 33.3 Å². The highest BCUT2D eigenvalue weighted by Crippen LogP contribution is 2.36. The van der Waals surface area contributed by atoms with Crippen molar-refractivity contribution in [3.8, 4) is 16.9 Å². The van der Waals surface area contributed by atoms with Crippen LogP contribution in [0.1, 0.15) is 26.7 Å². The first-order valence-electron chi connectivity index (χ1n) is 11.2. The Morgan fingerprint density at radius 2 is 1.94 bits per heavy atom. The summed E-state index contributed by atoms with van der Waals surface area (Å²) in [5.41, 5.74) is 1.58. The maximum absolute atomic E-state index is 13.6. The van der Waals surface area contributed by atoms with Crippen molar-refractivity contribution in [3.63, 3.8) is 0 Å². The van der Waals surface area contributed by atoms with Crippen LogP contribution in [0, 0.1) is 11.8 Å². The smallest absolute Gasteiger partial charge is 0.247 e. The van der Waals surface area contributed by atoms with Gasteiger partial charge in [-0.2, -0.15) is 4.31 Å². The van der Waals surface area contributed by atoms with Gasteiger partial charge in [-0.25, -0.2) is 18.4 Å². The van der Waals surface area contributed by atoms with E-state index in [1.54, 1.807) is 37.5 Å². The zero-order valence-corrected chi connectivity index (χ0v) is 19.7. The molecule has 1 N–H and O–H groups in total. The van der Waals surface area contributed by atoms with Crippen LogP contribution in [0.15, 0.2) is 41.8 Å². The molecule has 2 aliphatic rings. The van der Waals surface area contributed by atoms with Crippen molar-refractivity contribution in [2.45, 2.75) is 43.7 Å². The summed E-state index contributed by atoms with van der Waals surface area (Å²) in [5.74, 6) is 1.03. The van der Waals surface area contributed by atoms with Crippen LogP contribution in [0.4, 0.5) is 0 Å². The monoisotopic (exact) mass is 460 g/mol. The predicted octanol–water partition coefficient (Wildman–Crippen LogP) is 2.25. The van der Waals surface area contributed by atoms with Crippen molar-refractivity contribution in [2.24, 2.45) is 11.8 Å². The van der Waals surface area contributed by atoms with E-state index in [0.717, 1.165) is 23.6 Å². The van der Waals surface area contributed by atoms with Crippen molar-refractivity contribution >= 4 is 10.0 Å². The lowest BCUT2D eigenvalue weighted by Gasteiger charge is -2.37. The third kappa shape index (κ3) is 4.96. The molecule has 8 nitrogen and oxygen atoms in total. The molecule has 0 spiro atoms. The molecule has 2 heterocycles. The predicted molar refractivity (Wildman–Crippen MR) is 122 cm³/mol. The van der Waals surface area contributed by atoms with Crippen molar-refractivity contribution in [3.05, 3.63) is 36.9 Å². The Hall–Kier alpha value is -2.07. The lowest BCUT2D eigenvalue weighted by Crippen LogP contribution is -2.49. The molecule has 0 amide bonds. The lowest BCUT2D eigenvalue weighted by molar-refractivity contribution is 0.0741. The van der Waals surface area contributed by atoms with Crippen LogP contribution in [0.3, 0.4) is 0 Å². The van der Waals surface area contributed by atoms with E-state index in [-0.39, 0.29) is 23.5 Å². The maximum atomic E-state index is 13.6. The van der Waals surface area contributed by atoms with Crippen molar-refractivity contribution in [1.29, 1.82) is 0 Å². The van der Waals surface area contributed by atoms with Crippen LogP contribution in [-0.4, -0.2) is 78.1 Å². The molecule has 0 unspecified atom stereocenters. The summed E-state index contributed by atoms with van der Waals surface area (Å²) in [5, 5.41) is 9.77. The average Bonchev–Trinajstić information content (AvgIpc) is 3.59. The van der Waals surface area contributed by atoms with Gasteiger partial charge in [0.1, 0.15) is 23.1 Å². The third-order valence-electron chi connectivity index (χ3n) is 6.32. The minimum absolute atomic E-state index is 0.0581. The standard InChI is InChI=1S/C23H32N4O4S/c1-16-11-27(17(2)14-28)32(29,30)23-7-6-19(20-9-24-15-25-10-20)8-21(23)31-22(16)13-26(3)12-18-4-5-18/h6-10,15-18,22,28H,4-5,11-14H2,1-3H3/t16-,17+,22-/m0/s1. The molecule has 1 aliphatic heterocycles. The van der Waals surface area contributed by atoms with E-state index in [2.05, 4.69) is 21.9 Å². The van der Waals surface area contributed by atoms with E-state index in [4.69, 9.17) is 4.74 Å². The summed E-state index contributed by atoms with van der Waals surface area (Å²) in [6.07, 6.45) is 7.20. The highest BCUT2D eigenvalue weighted by Gasteiger charge is 2.38. The number of rotatable bonds is 7. The van der Waals surface area contributed by atoms with Gasteiger partial charge in [0.15, 0.2) is 0 Å². The van der Waals surface area contributed by atoms with Crippen LogP contribution in [0.25, 0.3) is 11.1 Å². The van der Waals surface area contributed by atoms with Gasteiger partial charge in [-0.1, -0.05) is 13.0 Å². The number of ether oxygens (including phenoxy) is 1. The van der Waals surface area contributed by atoms with Crippen molar-refractivity contribution in [1.82, 2.24) is 19.2 Å². The van der Waals surface area contributed by atoms with Gasteiger partial charge in [-0.15, -0.1) is 0 Å². The number of hydrogen-bond acceptors (Lipinski definition) is 7. The van der Waals surface area contributed by atoms with E-state index < -0.39 is 16.1 Å². The molecule has 1 aliphatic carbocycles. The maximum Gasteiger partial charge on any atom is 0.247 e. The summed E-state index contributed by atoms with van der Waals surface area (Å²) < 4.78 is 35.0. The van der Waals surface area contributed by atoms with E-state index in [1.165, 1.54) is 23.5 Å². The number of likely N-dealkylation sites (N-methyl/N-ethyl adjacent to an activating group) is 1. The van der Waals surface area contributed by atoms with E-state index in [9.17, 15) is 13.5 Å². The summed E-state index contributed by atoms with van der Waals surface area (Å²) in [7, 11) is -1.75. The van der Waals surface area contributed by atoms with Gasteiger partial charge in [-0.3, -0.25) is 0 Å². The van der Waals surface area contributed by atoms with Gasteiger partial charge in [0, 0.05) is 49.6 Å². The van der Waals surface area contributed by atoms with E-state index >= 15 is 0 Å². The SMILES string of the molecule is C[C@H](CO)N1C[C@H](C)[C@H](CN(C)CC2CC2)Oc2cc(-c3cncnc3)ccc2S1(=O)=O. The summed E-state index contributed by atoms with van der Waals surface area (Å²) >= 11 is 0. The van der Waals surface area contributed by atoms with Gasteiger partial charge in [-0.05, 0) is 50.4 Å². The molecule has 32 heavy (non-hydrogen) atoms. The first-order valence-corrected chi connectivity index (χ1v) is 12.6. The summed E-state index contributed by atoms with van der Waals surface area (Å²) in [6.45, 7) is 5.53. The molecule has 9 heteroatoms. The highest BCUT2D eigenvalue weighted by molar-refractivity contribution is 7.89. The molecule has 0 radical (unpaired) electrons. The highest BCUT2D eigenvalue weighted by atomic mass is 32.2. The van der Waals surface area contributed by atoms with Crippen LogP contribution in [0.5, 0.6) is 5.75 Å². The van der Waals surface area contributed by atoms with Gasteiger partial charge in [0.25, 0.3) is 0 Å². The zero-order chi connectivity index (χ0) is 22.9. The molecule has 0 saturated heterocycles. The second kappa shape index (κ2) is 9.43. The number of fused-ring (bicyclic) bond motifs is 1. The first kappa shape index (κ1) is 23.1. The fourth-order valence-corrected chi connectivity index (χ4v) is 6.02. The Bertz CT molecular complexity index is 1030. The number of hydrogen-bond donors (Lipinski definition) is 1. The van der Waals surface area contributed by atoms with Gasteiger partial charge in [0.05, 0.1) is 6.61 Å². The average molecular weight is 461 g/mol. The lowest BCUT2D eigenvalue weighted by atomic mass is 10.0. The Labute approximate surface area is 190 Å². The summed E-state index contributed by atoms with van der Waals surface area (Å²) in [4.78, 5) is 10.5. The fraction of sp³-hybridized carbons (Fsp3) is 0.565. The summed E-state index contributed by atoms with van der Waals surface area (Å²) in [6, 6.07) is 4.57. The minimum atomic E-state index is -3.84. The molecule has 2 aromatic rings. The number of sulfonamides is 1. The largest absolute Gasteiger partial charge is 0.487 e.